The van der Waals surface area contributed by atoms with Crippen molar-refractivity contribution in [2.45, 2.75) is 26.8 Å². The third-order valence-electron chi connectivity index (χ3n) is 5.19. The summed E-state index contributed by atoms with van der Waals surface area (Å²) < 4.78 is 11.3. The van der Waals surface area contributed by atoms with E-state index in [4.69, 9.17) is 9.47 Å². The van der Waals surface area contributed by atoms with Crippen LogP contribution < -0.4 is 9.47 Å². The molecule has 1 saturated heterocycles. The van der Waals surface area contributed by atoms with Crippen LogP contribution >= 0.6 is 0 Å². The van der Waals surface area contributed by atoms with Gasteiger partial charge in [-0.1, -0.05) is 36.4 Å². The smallest absolute Gasteiger partial charge is 0.260 e. The molecule has 6 heteroatoms. The molecule has 0 spiro atoms. The van der Waals surface area contributed by atoms with Gasteiger partial charge < -0.3 is 19.3 Å². The summed E-state index contributed by atoms with van der Waals surface area (Å²) in [6.07, 6.45) is 0. The van der Waals surface area contributed by atoms with Crippen molar-refractivity contribution in [3.63, 3.8) is 0 Å². The quantitative estimate of drug-likeness (QED) is 0.753. The van der Waals surface area contributed by atoms with E-state index in [-0.39, 0.29) is 31.1 Å². The number of nitrogens with zero attached hydrogens (tertiary/aromatic N) is 2. The highest BCUT2D eigenvalue weighted by atomic mass is 16.5. The third-order valence-corrected chi connectivity index (χ3v) is 5.19. The summed E-state index contributed by atoms with van der Waals surface area (Å²) in [5, 5.41) is 0. The number of hydrogen-bond donors (Lipinski definition) is 0. The first-order valence-electron chi connectivity index (χ1n) is 9.90. The van der Waals surface area contributed by atoms with Gasteiger partial charge in [0.1, 0.15) is 11.5 Å². The van der Waals surface area contributed by atoms with Crippen molar-refractivity contribution in [2.24, 2.45) is 0 Å². The lowest BCUT2D eigenvalue weighted by Gasteiger charge is -2.39. The van der Waals surface area contributed by atoms with Crippen LogP contribution in [0.4, 0.5) is 0 Å². The van der Waals surface area contributed by atoms with Gasteiger partial charge in [-0.2, -0.15) is 0 Å². The van der Waals surface area contributed by atoms with Gasteiger partial charge >= 0.3 is 0 Å². The number of aryl methyl sites for hydroxylation is 2. The van der Waals surface area contributed by atoms with Crippen LogP contribution in [0.15, 0.2) is 48.5 Å². The molecule has 0 bridgehead atoms. The second kappa shape index (κ2) is 9.45. The normalized spacial score (nSPS) is 16.4. The minimum absolute atomic E-state index is 0.000461. The van der Waals surface area contributed by atoms with Crippen molar-refractivity contribution in [2.75, 3.05) is 32.8 Å². The Hall–Kier alpha value is -3.02. The van der Waals surface area contributed by atoms with Crippen LogP contribution in [0.3, 0.4) is 0 Å². The van der Waals surface area contributed by atoms with Crippen molar-refractivity contribution < 1.29 is 19.1 Å². The Morgan fingerprint density at radius 1 is 0.862 bits per heavy atom. The molecule has 1 atom stereocenters. The molecular weight excluding hydrogens is 368 g/mol. The predicted octanol–water partition coefficient (Wildman–Crippen LogP) is 2.82. The molecule has 0 saturated carbocycles. The summed E-state index contributed by atoms with van der Waals surface area (Å²) in [7, 11) is 0. The second-order valence-electron chi connectivity index (χ2n) is 7.38. The number of benzene rings is 2. The molecule has 29 heavy (non-hydrogen) atoms. The predicted molar refractivity (Wildman–Crippen MR) is 111 cm³/mol. The molecule has 2 amide bonds. The molecule has 2 aromatic rings. The fourth-order valence-corrected chi connectivity index (χ4v) is 3.44. The van der Waals surface area contributed by atoms with Crippen LogP contribution in [0.1, 0.15) is 18.1 Å². The molecule has 1 aliphatic rings. The maximum absolute atomic E-state index is 12.6. The van der Waals surface area contributed by atoms with Gasteiger partial charge in [-0.05, 0) is 44.0 Å². The average Bonchev–Trinajstić information content (AvgIpc) is 2.72. The molecule has 0 aromatic heterocycles. The topological polar surface area (TPSA) is 59.1 Å². The first-order chi connectivity index (χ1) is 14.0. The Bertz CT molecular complexity index is 867. The number of carbonyl (C=O) groups excluding carboxylic acids is 2. The Morgan fingerprint density at radius 2 is 1.38 bits per heavy atom. The van der Waals surface area contributed by atoms with Crippen LogP contribution in [0.25, 0.3) is 0 Å². The average molecular weight is 396 g/mol. The fraction of sp³-hybridized carbons (Fsp3) is 0.391. The number of para-hydroxylation sites is 2. The number of carbonyl (C=O) groups is 2. The van der Waals surface area contributed by atoms with Crippen LogP contribution in [-0.2, 0) is 9.59 Å². The summed E-state index contributed by atoms with van der Waals surface area (Å²) in [4.78, 5) is 28.7. The minimum Gasteiger partial charge on any atom is -0.484 e. The molecule has 1 unspecified atom stereocenters. The maximum Gasteiger partial charge on any atom is 0.260 e. The standard InChI is InChI=1S/C23H28N2O4/c1-17-8-4-6-10-20(17)28-15-22(26)24-12-13-25(19(3)14-24)23(27)16-29-21-11-7-5-9-18(21)2/h4-11,19H,12-16H2,1-3H3. The summed E-state index contributed by atoms with van der Waals surface area (Å²) in [6, 6.07) is 15.2. The Labute approximate surface area is 172 Å². The SMILES string of the molecule is Cc1ccccc1OCC(=O)N1CCN(C(=O)COc2ccccc2C)C(C)C1. The van der Waals surface area contributed by atoms with E-state index in [1.54, 1.807) is 9.80 Å². The number of piperazine rings is 1. The zero-order valence-corrected chi connectivity index (χ0v) is 17.3. The van der Waals surface area contributed by atoms with Gasteiger partial charge in [-0.15, -0.1) is 0 Å². The number of amides is 2. The van der Waals surface area contributed by atoms with Crippen LogP contribution in [0.5, 0.6) is 11.5 Å². The maximum atomic E-state index is 12.6. The van der Waals surface area contributed by atoms with Crippen LogP contribution in [0.2, 0.25) is 0 Å². The Kier molecular flexibility index (Phi) is 6.75. The van der Waals surface area contributed by atoms with Crippen molar-refractivity contribution in [3.8, 4) is 11.5 Å². The van der Waals surface area contributed by atoms with Crippen molar-refractivity contribution >= 4 is 11.8 Å². The zero-order chi connectivity index (χ0) is 20.8. The largest absolute Gasteiger partial charge is 0.484 e. The van der Waals surface area contributed by atoms with Gasteiger partial charge in [0.25, 0.3) is 11.8 Å². The van der Waals surface area contributed by atoms with Gasteiger partial charge in [0.15, 0.2) is 13.2 Å². The summed E-state index contributed by atoms with van der Waals surface area (Å²) in [5.74, 6) is 1.30. The van der Waals surface area contributed by atoms with E-state index in [0.29, 0.717) is 19.6 Å². The molecule has 1 fully saturated rings. The monoisotopic (exact) mass is 396 g/mol. The Balaban J connectivity index is 1.48. The lowest BCUT2D eigenvalue weighted by molar-refractivity contribution is -0.144. The molecule has 1 aliphatic heterocycles. The third kappa shape index (κ3) is 5.28. The van der Waals surface area contributed by atoms with Crippen molar-refractivity contribution in [1.82, 2.24) is 9.80 Å². The van der Waals surface area contributed by atoms with E-state index >= 15 is 0 Å². The Morgan fingerprint density at radius 3 is 1.90 bits per heavy atom. The van der Waals surface area contributed by atoms with E-state index in [0.717, 1.165) is 22.6 Å². The minimum atomic E-state index is -0.0702. The highest BCUT2D eigenvalue weighted by Crippen LogP contribution is 2.18. The lowest BCUT2D eigenvalue weighted by atomic mass is 10.2. The molecule has 0 N–H and O–H groups in total. The van der Waals surface area contributed by atoms with Crippen molar-refractivity contribution in [3.05, 3.63) is 59.7 Å². The molecule has 0 aliphatic carbocycles. The molecule has 0 radical (unpaired) electrons. The highest BCUT2D eigenvalue weighted by molar-refractivity contribution is 5.80. The molecule has 2 aromatic carbocycles. The van der Waals surface area contributed by atoms with Gasteiger partial charge in [0, 0.05) is 25.7 Å². The van der Waals surface area contributed by atoms with E-state index < -0.39 is 0 Å². The first-order valence-corrected chi connectivity index (χ1v) is 9.90. The highest BCUT2D eigenvalue weighted by Gasteiger charge is 2.30. The lowest BCUT2D eigenvalue weighted by Crippen LogP contribution is -2.57. The van der Waals surface area contributed by atoms with Gasteiger partial charge in [-0.25, -0.2) is 0 Å². The van der Waals surface area contributed by atoms with Crippen LogP contribution in [0, 0.1) is 13.8 Å². The molecular formula is C23H28N2O4. The molecule has 6 nitrogen and oxygen atoms in total. The van der Waals surface area contributed by atoms with Crippen LogP contribution in [-0.4, -0.2) is 60.5 Å². The van der Waals surface area contributed by atoms with E-state index in [2.05, 4.69) is 0 Å². The number of hydrogen-bond acceptors (Lipinski definition) is 4. The fourth-order valence-electron chi connectivity index (χ4n) is 3.44. The number of ether oxygens (including phenoxy) is 2. The number of rotatable bonds is 6. The van der Waals surface area contributed by atoms with E-state index in [1.807, 2.05) is 69.3 Å². The zero-order valence-electron chi connectivity index (χ0n) is 17.3. The second-order valence-corrected chi connectivity index (χ2v) is 7.38. The van der Waals surface area contributed by atoms with Crippen molar-refractivity contribution in [1.29, 1.82) is 0 Å². The summed E-state index contributed by atoms with van der Waals surface area (Å²) >= 11 is 0. The van der Waals surface area contributed by atoms with Gasteiger partial charge in [-0.3, -0.25) is 9.59 Å². The summed E-state index contributed by atoms with van der Waals surface area (Å²) in [6.45, 7) is 7.33. The van der Waals surface area contributed by atoms with E-state index in [1.165, 1.54) is 0 Å². The van der Waals surface area contributed by atoms with Gasteiger partial charge in [0.05, 0.1) is 0 Å². The van der Waals surface area contributed by atoms with Gasteiger partial charge in [0.2, 0.25) is 0 Å². The summed E-state index contributed by atoms with van der Waals surface area (Å²) in [5.41, 5.74) is 2.00. The first kappa shape index (κ1) is 20.7. The molecule has 3 rings (SSSR count). The van der Waals surface area contributed by atoms with E-state index in [9.17, 15) is 9.59 Å². The molecule has 154 valence electrons. The molecule has 1 heterocycles.